The maximum Gasteiger partial charge on any atom is -0.0353 e. The van der Waals surface area contributed by atoms with E-state index in [1.165, 1.54) is 64.2 Å². The third-order valence-electron chi connectivity index (χ3n) is 3.25. The molecule has 0 spiro atoms. The Bertz CT molecular complexity index is 120. The van der Waals surface area contributed by atoms with Gasteiger partial charge in [0.1, 0.15) is 0 Å². The lowest BCUT2D eigenvalue weighted by atomic mass is 9.99. The van der Waals surface area contributed by atoms with E-state index in [1.54, 1.807) is 0 Å². The predicted molar refractivity (Wildman–Crippen MR) is 59.9 cm³/mol. The summed E-state index contributed by atoms with van der Waals surface area (Å²) in [7, 11) is 0. The van der Waals surface area contributed by atoms with E-state index in [2.05, 4.69) is 6.58 Å². The van der Waals surface area contributed by atoms with E-state index in [4.69, 9.17) is 0 Å². The highest BCUT2D eigenvalue weighted by molar-refractivity contribution is 4.68. The molecule has 0 heterocycles. The maximum atomic E-state index is 3.74. The average Bonchev–Trinajstić information content (AvgIpc) is 2.63. The van der Waals surface area contributed by atoms with Gasteiger partial charge in [0.25, 0.3) is 0 Å². The fourth-order valence-electron chi connectivity index (χ4n) is 2.37. The summed E-state index contributed by atoms with van der Waals surface area (Å²) in [6, 6.07) is 0. The number of unbranched alkanes of at least 4 members (excludes halogenated alkanes) is 4. The fraction of sp³-hybridized carbons (Fsp3) is 0.846. The molecule has 1 saturated carbocycles. The minimum Gasteiger partial charge on any atom is -0.103 e. The first kappa shape index (κ1) is 10.8. The van der Waals surface area contributed by atoms with Gasteiger partial charge >= 0.3 is 0 Å². The minimum absolute atomic E-state index is 1.10. The first-order valence-electron chi connectivity index (χ1n) is 6.04. The van der Waals surface area contributed by atoms with Crippen LogP contribution in [0.15, 0.2) is 12.7 Å². The van der Waals surface area contributed by atoms with Crippen molar-refractivity contribution in [3.8, 4) is 0 Å². The highest BCUT2D eigenvalue weighted by atomic mass is 14.2. The summed E-state index contributed by atoms with van der Waals surface area (Å²) in [5.74, 6) is 1.10. The van der Waals surface area contributed by atoms with Crippen LogP contribution in [0.4, 0.5) is 0 Å². The lowest BCUT2D eigenvalue weighted by Crippen LogP contribution is -1.92. The Labute approximate surface area is 83.4 Å². The minimum atomic E-state index is 1.10. The molecule has 0 aliphatic heterocycles. The normalized spacial score (nSPS) is 17.8. The van der Waals surface area contributed by atoms with Gasteiger partial charge in [-0.1, -0.05) is 57.4 Å². The number of hydrogen-bond acceptors (Lipinski definition) is 0. The summed E-state index contributed by atoms with van der Waals surface area (Å²) in [5.41, 5.74) is 0. The average molecular weight is 180 g/mol. The standard InChI is InChI=1S/C13H24/c1-2-3-4-5-6-7-10-13-11-8-9-12-13/h2,13H,1,3-12H2. The van der Waals surface area contributed by atoms with Crippen LogP contribution in [-0.4, -0.2) is 0 Å². The Morgan fingerprint density at radius 2 is 1.69 bits per heavy atom. The van der Waals surface area contributed by atoms with Gasteiger partial charge < -0.3 is 0 Å². The molecule has 0 amide bonds. The van der Waals surface area contributed by atoms with Crippen molar-refractivity contribution in [3.63, 3.8) is 0 Å². The van der Waals surface area contributed by atoms with Gasteiger partial charge in [-0.05, 0) is 18.8 Å². The molecular weight excluding hydrogens is 156 g/mol. The van der Waals surface area contributed by atoms with Crippen molar-refractivity contribution in [3.05, 3.63) is 12.7 Å². The van der Waals surface area contributed by atoms with Gasteiger partial charge in [-0.15, -0.1) is 6.58 Å². The summed E-state index contributed by atoms with van der Waals surface area (Å²) < 4.78 is 0. The first-order chi connectivity index (χ1) is 6.43. The maximum absolute atomic E-state index is 3.74. The van der Waals surface area contributed by atoms with Gasteiger partial charge in [0.2, 0.25) is 0 Å². The number of allylic oxidation sites excluding steroid dienone is 1. The van der Waals surface area contributed by atoms with Crippen LogP contribution in [0.2, 0.25) is 0 Å². The van der Waals surface area contributed by atoms with E-state index < -0.39 is 0 Å². The van der Waals surface area contributed by atoms with Crippen molar-refractivity contribution in [2.24, 2.45) is 5.92 Å². The second kappa shape index (κ2) is 7.17. The van der Waals surface area contributed by atoms with Gasteiger partial charge in [-0.3, -0.25) is 0 Å². The molecule has 1 aliphatic carbocycles. The van der Waals surface area contributed by atoms with E-state index in [1.807, 2.05) is 6.08 Å². The summed E-state index contributed by atoms with van der Waals surface area (Å²) in [5, 5.41) is 0. The third kappa shape index (κ3) is 5.13. The lowest BCUT2D eigenvalue weighted by Gasteiger charge is -2.07. The highest BCUT2D eigenvalue weighted by Gasteiger charge is 2.13. The van der Waals surface area contributed by atoms with Crippen LogP contribution in [0.25, 0.3) is 0 Å². The summed E-state index contributed by atoms with van der Waals surface area (Å²) in [6.45, 7) is 3.74. The highest BCUT2D eigenvalue weighted by Crippen LogP contribution is 2.29. The Hall–Kier alpha value is -0.260. The third-order valence-corrected chi connectivity index (χ3v) is 3.25. The van der Waals surface area contributed by atoms with Crippen LogP contribution >= 0.6 is 0 Å². The van der Waals surface area contributed by atoms with Gasteiger partial charge in [-0.25, -0.2) is 0 Å². The smallest absolute Gasteiger partial charge is 0.0353 e. The molecule has 0 bridgehead atoms. The second-order valence-corrected chi connectivity index (χ2v) is 4.43. The lowest BCUT2D eigenvalue weighted by molar-refractivity contribution is 0.465. The molecule has 1 rings (SSSR count). The zero-order valence-corrected chi connectivity index (χ0v) is 8.93. The molecule has 0 N–H and O–H groups in total. The van der Waals surface area contributed by atoms with Crippen LogP contribution in [0.5, 0.6) is 0 Å². The van der Waals surface area contributed by atoms with Gasteiger partial charge in [0, 0.05) is 0 Å². The molecule has 0 unspecified atom stereocenters. The predicted octanol–water partition coefficient (Wildman–Crippen LogP) is 4.70. The van der Waals surface area contributed by atoms with Gasteiger partial charge in [0.15, 0.2) is 0 Å². The van der Waals surface area contributed by atoms with Crippen molar-refractivity contribution in [1.29, 1.82) is 0 Å². The van der Waals surface area contributed by atoms with E-state index in [0.717, 1.165) is 5.92 Å². The molecule has 1 fully saturated rings. The Morgan fingerprint density at radius 3 is 2.38 bits per heavy atom. The van der Waals surface area contributed by atoms with Crippen molar-refractivity contribution in [1.82, 2.24) is 0 Å². The van der Waals surface area contributed by atoms with E-state index >= 15 is 0 Å². The fourth-order valence-corrected chi connectivity index (χ4v) is 2.37. The monoisotopic (exact) mass is 180 g/mol. The van der Waals surface area contributed by atoms with Crippen LogP contribution in [0.3, 0.4) is 0 Å². The molecule has 13 heavy (non-hydrogen) atoms. The van der Waals surface area contributed by atoms with Crippen molar-refractivity contribution < 1.29 is 0 Å². The number of rotatable bonds is 7. The Morgan fingerprint density at radius 1 is 1.00 bits per heavy atom. The van der Waals surface area contributed by atoms with Crippen LogP contribution in [-0.2, 0) is 0 Å². The number of hydrogen-bond donors (Lipinski definition) is 0. The van der Waals surface area contributed by atoms with Crippen LogP contribution in [0, 0.1) is 5.92 Å². The molecule has 0 saturated heterocycles. The largest absolute Gasteiger partial charge is 0.103 e. The molecule has 76 valence electrons. The second-order valence-electron chi connectivity index (χ2n) is 4.43. The van der Waals surface area contributed by atoms with Crippen molar-refractivity contribution in [2.45, 2.75) is 64.2 Å². The molecule has 1 aliphatic rings. The zero-order chi connectivity index (χ0) is 9.36. The molecule has 0 nitrogen and oxygen atoms in total. The Balaban J connectivity index is 1.80. The molecule has 0 atom stereocenters. The molecule has 0 heteroatoms. The molecule has 0 aromatic rings. The quantitative estimate of drug-likeness (QED) is 0.393. The first-order valence-corrected chi connectivity index (χ1v) is 6.04. The molecule has 0 aromatic heterocycles. The van der Waals surface area contributed by atoms with Crippen LogP contribution < -0.4 is 0 Å². The van der Waals surface area contributed by atoms with Gasteiger partial charge in [-0.2, -0.15) is 0 Å². The topological polar surface area (TPSA) is 0 Å². The van der Waals surface area contributed by atoms with Crippen molar-refractivity contribution in [2.75, 3.05) is 0 Å². The van der Waals surface area contributed by atoms with Crippen LogP contribution in [0.1, 0.15) is 64.2 Å². The molecule has 0 aromatic carbocycles. The van der Waals surface area contributed by atoms with E-state index in [0.29, 0.717) is 0 Å². The van der Waals surface area contributed by atoms with E-state index in [-0.39, 0.29) is 0 Å². The molecular formula is C13H24. The van der Waals surface area contributed by atoms with Crippen molar-refractivity contribution >= 4 is 0 Å². The summed E-state index contributed by atoms with van der Waals surface area (Å²) in [6.07, 6.45) is 16.5. The van der Waals surface area contributed by atoms with Gasteiger partial charge in [0.05, 0.1) is 0 Å². The van der Waals surface area contributed by atoms with E-state index in [9.17, 15) is 0 Å². The SMILES string of the molecule is C=CCCCCCCC1CCCC1. The Kier molecular flexibility index (Phi) is 5.97. The molecule has 0 radical (unpaired) electrons. The summed E-state index contributed by atoms with van der Waals surface area (Å²) >= 11 is 0. The summed E-state index contributed by atoms with van der Waals surface area (Å²) in [4.78, 5) is 0. The zero-order valence-electron chi connectivity index (χ0n) is 8.93.